The summed E-state index contributed by atoms with van der Waals surface area (Å²) < 4.78 is 37.6. The lowest BCUT2D eigenvalue weighted by Gasteiger charge is -2.37. The average Bonchev–Trinajstić information content (AvgIpc) is 2.86. The molecule has 2 aliphatic rings. The molecule has 2 saturated carbocycles. The van der Waals surface area contributed by atoms with Crippen LogP contribution in [0.25, 0.3) is 0 Å². The molecule has 2 fully saturated rings. The van der Waals surface area contributed by atoms with Crippen LogP contribution < -0.4 is 0 Å². The Morgan fingerprint density at radius 1 is 1.20 bits per heavy atom. The number of rotatable bonds is 2. The van der Waals surface area contributed by atoms with Crippen LogP contribution in [-0.2, 0) is 0 Å². The molecule has 2 atom stereocenters. The molecule has 1 nitrogen and oxygen atoms in total. The van der Waals surface area contributed by atoms with Gasteiger partial charge in [0.05, 0.1) is 11.5 Å². The molecular formula is C11H17F3O. The van der Waals surface area contributed by atoms with Gasteiger partial charge in [0, 0.05) is 0 Å². The van der Waals surface area contributed by atoms with Gasteiger partial charge >= 0.3 is 6.18 Å². The molecule has 0 aromatic carbocycles. The maximum absolute atomic E-state index is 12.5. The van der Waals surface area contributed by atoms with Crippen LogP contribution in [0.3, 0.4) is 0 Å². The summed E-state index contributed by atoms with van der Waals surface area (Å²) in [6.07, 6.45) is -0.206. The van der Waals surface area contributed by atoms with Gasteiger partial charge in [-0.2, -0.15) is 13.2 Å². The van der Waals surface area contributed by atoms with E-state index in [1.54, 1.807) is 0 Å². The van der Waals surface area contributed by atoms with Crippen LogP contribution in [0.15, 0.2) is 0 Å². The molecule has 88 valence electrons. The fourth-order valence-corrected chi connectivity index (χ4v) is 2.66. The van der Waals surface area contributed by atoms with Gasteiger partial charge < -0.3 is 5.11 Å². The Labute approximate surface area is 87.7 Å². The first kappa shape index (κ1) is 11.2. The van der Waals surface area contributed by atoms with E-state index in [0.29, 0.717) is 25.2 Å². The smallest absolute Gasteiger partial charge is 0.390 e. The van der Waals surface area contributed by atoms with Crippen LogP contribution in [-0.4, -0.2) is 16.9 Å². The summed E-state index contributed by atoms with van der Waals surface area (Å²) in [5.74, 6) is -0.794. The van der Waals surface area contributed by atoms with Crippen LogP contribution in [0.5, 0.6) is 0 Å². The Morgan fingerprint density at radius 3 is 2.40 bits per heavy atom. The van der Waals surface area contributed by atoms with Crippen molar-refractivity contribution in [2.75, 3.05) is 0 Å². The van der Waals surface area contributed by atoms with Gasteiger partial charge in [0.15, 0.2) is 0 Å². The lowest BCUT2D eigenvalue weighted by atomic mass is 9.75. The van der Waals surface area contributed by atoms with Gasteiger partial charge in [0.1, 0.15) is 0 Å². The van der Waals surface area contributed by atoms with Gasteiger partial charge in [-0.15, -0.1) is 0 Å². The highest BCUT2D eigenvalue weighted by molar-refractivity contribution is 4.93. The maximum Gasteiger partial charge on any atom is 0.391 e. The molecule has 1 N–H and O–H groups in total. The van der Waals surface area contributed by atoms with Crippen LogP contribution in [0.4, 0.5) is 13.2 Å². The van der Waals surface area contributed by atoms with Gasteiger partial charge in [-0.1, -0.05) is 12.8 Å². The van der Waals surface area contributed by atoms with Crippen LogP contribution in [0.2, 0.25) is 0 Å². The third-order valence-electron chi connectivity index (χ3n) is 3.65. The standard InChI is InChI=1S/C11H17F3O/c12-11(13,14)9-2-1-5-10(15,7-9)6-8-3-4-8/h8-9,15H,1-7H2. The monoisotopic (exact) mass is 222 g/mol. The van der Waals surface area contributed by atoms with Crippen molar-refractivity contribution in [3.05, 3.63) is 0 Å². The SMILES string of the molecule is OC1(CC2CC2)CCCC(C(F)(F)F)C1. The Bertz CT molecular complexity index is 234. The second-order valence-electron chi connectivity index (χ2n) is 5.21. The summed E-state index contributed by atoms with van der Waals surface area (Å²) >= 11 is 0. The molecule has 0 bridgehead atoms. The van der Waals surface area contributed by atoms with Crippen molar-refractivity contribution in [1.82, 2.24) is 0 Å². The first-order valence-electron chi connectivity index (χ1n) is 5.68. The topological polar surface area (TPSA) is 20.2 Å². The van der Waals surface area contributed by atoms with Gasteiger partial charge in [-0.25, -0.2) is 0 Å². The Hall–Kier alpha value is -0.250. The summed E-state index contributed by atoms with van der Waals surface area (Å²) in [6.45, 7) is 0. The molecule has 2 aliphatic carbocycles. The third-order valence-corrected chi connectivity index (χ3v) is 3.65. The molecule has 4 heteroatoms. The molecule has 0 aliphatic heterocycles. The van der Waals surface area contributed by atoms with E-state index in [1.165, 1.54) is 0 Å². The van der Waals surface area contributed by atoms with E-state index in [2.05, 4.69) is 0 Å². The van der Waals surface area contributed by atoms with Gasteiger partial charge in [0.25, 0.3) is 0 Å². The molecule has 0 aromatic heterocycles. The number of alkyl halides is 3. The zero-order chi connectivity index (χ0) is 11.1. The van der Waals surface area contributed by atoms with Crippen molar-refractivity contribution in [3.63, 3.8) is 0 Å². The van der Waals surface area contributed by atoms with E-state index in [1.807, 2.05) is 0 Å². The van der Waals surface area contributed by atoms with Crippen LogP contribution in [0, 0.1) is 11.8 Å². The largest absolute Gasteiger partial charge is 0.391 e. The second kappa shape index (κ2) is 3.65. The predicted octanol–water partition coefficient (Wildman–Crippen LogP) is 3.27. The van der Waals surface area contributed by atoms with E-state index < -0.39 is 17.7 Å². The molecule has 0 amide bonds. The van der Waals surface area contributed by atoms with Crippen molar-refractivity contribution >= 4 is 0 Å². The number of halogens is 3. The number of hydrogen-bond donors (Lipinski definition) is 1. The minimum Gasteiger partial charge on any atom is -0.390 e. The highest BCUT2D eigenvalue weighted by atomic mass is 19.4. The van der Waals surface area contributed by atoms with Gasteiger partial charge in [-0.05, 0) is 38.0 Å². The van der Waals surface area contributed by atoms with E-state index in [0.717, 1.165) is 12.8 Å². The fourth-order valence-electron chi connectivity index (χ4n) is 2.66. The fraction of sp³-hybridized carbons (Fsp3) is 1.00. The van der Waals surface area contributed by atoms with Gasteiger partial charge in [0.2, 0.25) is 0 Å². The molecule has 0 radical (unpaired) electrons. The predicted molar refractivity (Wildman–Crippen MR) is 50.3 cm³/mol. The molecule has 0 aromatic rings. The summed E-state index contributed by atoms with van der Waals surface area (Å²) in [7, 11) is 0. The summed E-state index contributed by atoms with van der Waals surface area (Å²) in [5, 5.41) is 10.1. The minimum absolute atomic E-state index is 0.0764. The number of hydrogen-bond acceptors (Lipinski definition) is 1. The van der Waals surface area contributed by atoms with Crippen molar-refractivity contribution in [2.45, 2.75) is 56.7 Å². The van der Waals surface area contributed by atoms with Crippen molar-refractivity contribution < 1.29 is 18.3 Å². The van der Waals surface area contributed by atoms with Gasteiger partial charge in [-0.3, -0.25) is 0 Å². The molecule has 15 heavy (non-hydrogen) atoms. The molecule has 0 spiro atoms. The Kier molecular flexibility index (Phi) is 2.73. The number of aliphatic hydroxyl groups is 1. The van der Waals surface area contributed by atoms with Crippen LogP contribution >= 0.6 is 0 Å². The first-order chi connectivity index (χ1) is 6.89. The normalized spacial score (nSPS) is 38.0. The van der Waals surface area contributed by atoms with Crippen molar-refractivity contribution in [1.29, 1.82) is 0 Å². The zero-order valence-corrected chi connectivity index (χ0v) is 8.69. The molecule has 0 heterocycles. The Balaban J connectivity index is 1.95. The maximum atomic E-state index is 12.5. The quantitative estimate of drug-likeness (QED) is 0.760. The summed E-state index contributed by atoms with van der Waals surface area (Å²) in [6, 6.07) is 0. The molecular weight excluding hydrogens is 205 g/mol. The van der Waals surface area contributed by atoms with Crippen LogP contribution in [0.1, 0.15) is 44.9 Å². The summed E-state index contributed by atoms with van der Waals surface area (Å²) in [4.78, 5) is 0. The van der Waals surface area contributed by atoms with E-state index in [-0.39, 0.29) is 12.8 Å². The van der Waals surface area contributed by atoms with Crippen molar-refractivity contribution in [3.8, 4) is 0 Å². The molecule has 0 saturated heterocycles. The van der Waals surface area contributed by atoms with E-state index in [4.69, 9.17) is 0 Å². The lowest BCUT2D eigenvalue weighted by Crippen LogP contribution is -2.40. The van der Waals surface area contributed by atoms with E-state index >= 15 is 0 Å². The van der Waals surface area contributed by atoms with Crippen molar-refractivity contribution in [2.24, 2.45) is 11.8 Å². The zero-order valence-electron chi connectivity index (χ0n) is 8.69. The average molecular weight is 222 g/mol. The molecule has 2 rings (SSSR count). The Morgan fingerprint density at radius 2 is 1.87 bits per heavy atom. The second-order valence-corrected chi connectivity index (χ2v) is 5.21. The highest BCUT2D eigenvalue weighted by Crippen LogP contribution is 2.47. The molecule has 2 unspecified atom stereocenters. The minimum atomic E-state index is -4.13. The third kappa shape index (κ3) is 2.86. The summed E-state index contributed by atoms with van der Waals surface area (Å²) in [5.41, 5.74) is -1.03. The highest BCUT2D eigenvalue weighted by Gasteiger charge is 2.48. The first-order valence-corrected chi connectivity index (χ1v) is 5.68. The lowest BCUT2D eigenvalue weighted by molar-refractivity contribution is -0.201. The van der Waals surface area contributed by atoms with E-state index in [9.17, 15) is 18.3 Å².